The van der Waals surface area contributed by atoms with Gasteiger partial charge < -0.3 is 5.73 Å². The molecule has 0 aliphatic rings. The molecule has 76 valence electrons. The second-order valence-electron chi connectivity index (χ2n) is 3.23. The third-order valence-corrected chi connectivity index (χ3v) is 2.68. The van der Waals surface area contributed by atoms with Crippen molar-refractivity contribution in [1.29, 1.82) is 0 Å². The van der Waals surface area contributed by atoms with Crippen LogP contribution in [0.5, 0.6) is 0 Å². The van der Waals surface area contributed by atoms with E-state index in [0.29, 0.717) is 6.54 Å². The van der Waals surface area contributed by atoms with Crippen LogP contribution in [0.1, 0.15) is 5.69 Å². The second-order valence-corrected chi connectivity index (χ2v) is 4.14. The van der Waals surface area contributed by atoms with Crippen molar-refractivity contribution in [1.82, 2.24) is 4.98 Å². The lowest BCUT2D eigenvalue weighted by molar-refractivity contribution is 0.994. The number of nitrogens with two attached hydrogens (primary N) is 1. The van der Waals surface area contributed by atoms with Crippen molar-refractivity contribution in [2.75, 3.05) is 0 Å². The Kier molecular flexibility index (Phi) is 3.14. The Morgan fingerprint density at radius 1 is 1.07 bits per heavy atom. The van der Waals surface area contributed by atoms with Gasteiger partial charge in [-0.15, -0.1) is 0 Å². The minimum absolute atomic E-state index is 0.477. The van der Waals surface area contributed by atoms with Gasteiger partial charge in [-0.2, -0.15) is 0 Å². The SMILES string of the molecule is NCc1cccc(-c2ccc(Br)cc2)n1. The fourth-order valence-corrected chi connectivity index (χ4v) is 1.64. The number of hydrogen-bond acceptors (Lipinski definition) is 2. The van der Waals surface area contributed by atoms with Gasteiger partial charge >= 0.3 is 0 Å². The minimum atomic E-state index is 0.477. The van der Waals surface area contributed by atoms with E-state index in [2.05, 4.69) is 20.9 Å². The summed E-state index contributed by atoms with van der Waals surface area (Å²) in [6, 6.07) is 14.0. The second kappa shape index (κ2) is 4.55. The highest BCUT2D eigenvalue weighted by Gasteiger charge is 1.99. The highest BCUT2D eigenvalue weighted by Crippen LogP contribution is 2.19. The lowest BCUT2D eigenvalue weighted by Crippen LogP contribution is -1.99. The van der Waals surface area contributed by atoms with E-state index >= 15 is 0 Å². The molecule has 0 fully saturated rings. The number of pyridine rings is 1. The molecule has 0 amide bonds. The third-order valence-electron chi connectivity index (χ3n) is 2.16. The smallest absolute Gasteiger partial charge is 0.0705 e. The van der Waals surface area contributed by atoms with E-state index in [-0.39, 0.29) is 0 Å². The number of aromatic nitrogens is 1. The maximum Gasteiger partial charge on any atom is 0.0705 e. The predicted octanol–water partition coefficient (Wildman–Crippen LogP) is 2.97. The van der Waals surface area contributed by atoms with Gasteiger partial charge in [-0.25, -0.2) is 0 Å². The number of halogens is 1. The van der Waals surface area contributed by atoms with Crippen LogP contribution in [0, 0.1) is 0 Å². The molecule has 0 radical (unpaired) electrons. The average molecular weight is 263 g/mol. The Balaban J connectivity index is 2.40. The van der Waals surface area contributed by atoms with E-state index in [1.54, 1.807) is 0 Å². The first-order valence-corrected chi connectivity index (χ1v) is 5.51. The number of hydrogen-bond donors (Lipinski definition) is 1. The Morgan fingerprint density at radius 3 is 2.47 bits per heavy atom. The van der Waals surface area contributed by atoms with Crippen LogP contribution >= 0.6 is 15.9 Å². The van der Waals surface area contributed by atoms with Gasteiger partial charge in [0, 0.05) is 16.6 Å². The summed E-state index contributed by atoms with van der Waals surface area (Å²) in [5.41, 5.74) is 8.53. The largest absolute Gasteiger partial charge is 0.325 e. The highest BCUT2D eigenvalue weighted by atomic mass is 79.9. The van der Waals surface area contributed by atoms with Crippen LogP contribution in [0.3, 0.4) is 0 Å². The number of benzene rings is 1. The number of nitrogens with zero attached hydrogens (tertiary/aromatic N) is 1. The first-order valence-electron chi connectivity index (χ1n) is 4.71. The molecule has 0 spiro atoms. The van der Waals surface area contributed by atoms with Crippen LogP contribution in [-0.4, -0.2) is 4.98 Å². The first kappa shape index (κ1) is 10.3. The summed E-state index contributed by atoms with van der Waals surface area (Å²) in [5, 5.41) is 0. The molecule has 1 aromatic heterocycles. The van der Waals surface area contributed by atoms with Crippen molar-refractivity contribution in [2.45, 2.75) is 6.54 Å². The molecule has 3 heteroatoms. The predicted molar refractivity (Wildman–Crippen MR) is 65.3 cm³/mol. The molecule has 0 unspecified atom stereocenters. The molecule has 1 aromatic carbocycles. The average Bonchev–Trinajstić information content (AvgIpc) is 2.30. The van der Waals surface area contributed by atoms with Crippen LogP contribution in [0.4, 0.5) is 0 Å². The molecule has 2 nitrogen and oxygen atoms in total. The van der Waals surface area contributed by atoms with Crippen molar-refractivity contribution in [2.24, 2.45) is 5.73 Å². The molecule has 0 aliphatic heterocycles. The topological polar surface area (TPSA) is 38.9 Å². The van der Waals surface area contributed by atoms with Crippen molar-refractivity contribution in [3.05, 3.63) is 52.6 Å². The van der Waals surface area contributed by atoms with E-state index in [1.165, 1.54) is 0 Å². The normalized spacial score (nSPS) is 10.3. The zero-order chi connectivity index (χ0) is 10.7. The molecule has 2 N–H and O–H groups in total. The quantitative estimate of drug-likeness (QED) is 0.904. The molecule has 0 saturated heterocycles. The maximum atomic E-state index is 5.55. The van der Waals surface area contributed by atoms with E-state index in [1.807, 2.05) is 42.5 Å². The van der Waals surface area contributed by atoms with Crippen LogP contribution in [0.2, 0.25) is 0 Å². The van der Waals surface area contributed by atoms with E-state index in [4.69, 9.17) is 5.73 Å². The summed E-state index contributed by atoms with van der Waals surface area (Å²) < 4.78 is 1.07. The first-order chi connectivity index (χ1) is 7.29. The lowest BCUT2D eigenvalue weighted by Gasteiger charge is -2.02. The Bertz CT molecular complexity index is 451. The summed E-state index contributed by atoms with van der Waals surface area (Å²) in [7, 11) is 0. The Morgan fingerprint density at radius 2 is 1.80 bits per heavy atom. The maximum absolute atomic E-state index is 5.55. The Labute approximate surface area is 97.3 Å². The van der Waals surface area contributed by atoms with Gasteiger partial charge in [0.25, 0.3) is 0 Å². The van der Waals surface area contributed by atoms with Crippen LogP contribution < -0.4 is 5.73 Å². The van der Waals surface area contributed by atoms with Gasteiger partial charge in [0.2, 0.25) is 0 Å². The molecule has 2 aromatic rings. The van der Waals surface area contributed by atoms with Crippen LogP contribution in [0.15, 0.2) is 46.9 Å². The third kappa shape index (κ3) is 2.43. The number of rotatable bonds is 2. The van der Waals surface area contributed by atoms with Crippen LogP contribution in [-0.2, 0) is 6.54 Å². The molecular formula is C12H11BrN2. The van der Waals surface area contributed by atoms with Crippen molar-refractivity contribution in [3.63, 3.8) is 0 Å². The van der Waals surface area contributed by atoms with Gasteiger partial charge in [-0.05, 0) is 24.3 Å². The summed E-state index contributed by atoms with van der Waals surface area (Å²) in [5.74, 6) is 0. The molecular weight excluding hydrogens is 252 g/mol. The fourth-order valence-electron chi connectivity index (χ4n) is 1.37. The summed E-state index contributed by atoms with van der Waals surface area (Å²) in [4.78, 5) is 4.45. The fraction of sp³-hybridized carbons (Fsp3) is 0.0833. The van der Waals surface area contributed by atoms with Gasteiger partial charge in [0.05, 0.1) is 11.4 Å². The highest BCUT2D eigenvalue weighted by molar-refractivity contribution is 9.10. The summed E-state index contributed by atoms with van der Waals surface area (Å²) in [6.45, 7) is 0.477. The monoisotopic (exact) mass is 262 g/mol. The summed E-state index contributed by atoms with van der Waals surface area (Å²) >= 11 is 3.41. The van der Waals surface area contributed by atoms with Crippen molar-refractivity contribution < 1.29 is 0 Å². The van der Waals surface area contributed by atoms with Crippen molar-refractivity contribution >= 4 is 15.9 Å². The molecule has 0 saturated carbocycles. The minimum Gasteiger partial charge on any atom is -0.325 e. The molecule has 1 heterocycles. The molecule has 0 bridgehead atoms. The zero-order valence-electron chi connectivity index (χ0n) is 8.15. The van der Waals surface area contributed by atoms with E-state index < -0.39 is 0 Å². The van der Waals surface area contributed by atoms with E-state index in [0.717, 1.165) is 21.4 Å². The molecule has 2 rings (SSSR count). The Hall–Kier alpha value is -1.19. The zero-order valence-corrected chi connectivity index (χ0v) is 9.74. The van der Waals surface area contributed by atoms with Gasteiger partial charge in [0.1, 0.15) is 0 Å². The van der Waals surface area contributed by atoms with Gasteiger partial charge in [0.15, 0.2) is 0 Å². The molecule has 0 aliphatic carbocycles. The standard InChI is InChI=1S/C12H11BrN2/c13-10-6-4-9(5-7-10)12-3-1-2-11(8-14)15-12/h1-7H,8,14H2. The lowest BCUT2D eigenvalue weighted by atomic mass is 10.1. The van der Waals surface area contributed by atoms with Crippen molar-refractivity contribution in [3.8, 4) is 11.3 Å². The van der Waals surface area contributed by atoms with Crippen LogP contribution in [0.25, 0.3) is 11.3 Å². The summed E-state index contributed by atoms with van der Waals surface area (Å²) in [6.07, 6.45) is 0. The van der Waals surface area contributed by atoms with Gasteiger partial charge in [-0.3, -0.25) is 4.98 Å². The molecule has 15 heavy (non-hydrogen) atoms. The molecule has 0 atom stereocenters. The van der Waals surface area contributed by atoms with Gasteiger partial charge in [-0.1, -0.05) is 34.1 Å². The van der Waals surface area contributed by atoms with E-state index in [9.17, 15) is 0 Å².